The fraction of sp³-hybridized carbons (Fsp3) is 0.125. The maximum absolute atomic E-state index is 13.4. The van der Waals surface area contributed by atoms with Crippen molar-refractivity contribution in [1.82, 2.24) is 9.97 Å². The van der Waals surface area contributed by atoms with E-state index in [9.17, 15) is 40.1 Å². The van der Waals surface area contributed by atoms with E-state index < -0.39 is 50.9 Å². The molecule has 0 aliphatic rings. The second-order valence-electron chi connectivity index (χ2n) is 5.74. The number of aromatic nitrogens is 2. The number of fused-ring (bicyclic) bond motifs is 1. The van der Waals surface area contributed by atoms with Gasteiger partial charge in [0.15, 0.2) is 11.0 Å². The van der Waals surface area contributed by atoms with Gasteiger partial charge in [-0.1, -0.05) is 0 Å². The molecule has 0 aliphatic heterocycles. The van der Waals surface area contributed by atoms with Crippen LogP contribution in [0.1, 0.15) is 5.56 Å². The normalized spacial score (nSPS) is 13.3. The highest BCUT2D eigenvalue weighted by atomic mass is 32.2. The van der Waals surface area contributed by atoms with Gasteiger partial charge in [0.25, 0.3) is 0 Å². The van der Waals surface area contributed by atoms with E-state index in [2.05, 4.69) is 14.4 Å². The van der Waals surface area contributed by atoms with Crippen LogP contribution < -0.4 is 20.6 Å². The average molecular weight is 453 g/mol. The number of aromatic amines is 2. The summed E-state index contributed by atoms with van der Waals surface area (Å²) in [5.74, 6) is -0.581. The second-order valence-corrected chi connectivity index (χ2v) is 6.92. The van der Waals surface area contributed by atoms with Gasteiger partial charge in [0.1, 0.15) is 5.75 Å². The van der Waals surface area contributed by atoms with Crippen LogP contribution in [0.15, 0.2) is 50.9 Å². The fourth-order valence-electron chi connectivity index (χ4n) is 2.41. The van der Waals surface area contributed by atoms with Crippen LogP contribution in [0.2, 0.25) is 0 Å². The molecule has 14 heteroatoms. The Kier molecular flexibility index (Phi) is 5.36. The molecule has 0 aliphatic carbocycles. The van der Waals surface area contributed by atoms with Gasteiger partial charge in [-0.05, 0) is 36.4 Å². The van der Waals surface area contributed by atoms with Gasteiger partial charge >= 0.3 is 23.7 Å². The maximum Gasteiger partial charge on any atom is 0.573 e. The first kappa shape index (κ1) is 21.4. The molecular weight excluding hydrogens is 444 g/mol. The van der Waals surface area contributed by atoms with E-state index in [0.29, 0.717) is 6.07 Å². The molecule has 1 heterocycles. The van der Waals surface area contributed by atoms with Crippen LogP contribution in [0.25, 0.3) is 11.0 Å². The van der Waals surface area contributed by atoms with Gasteiger partial charge in [0.2, 0.25) is 0 Å². The number of rotatable bonds is 4. The number of H-pyrrole nitrogens is 2. The van der Waals surface area contributed by atoms with Gasteiger partial charge in [0.05, 0.1) is 21.5 Å². The summed E-state index contributed by atoms with van der Waals surface area (Å²) in [6.07, 6.45) is -9.89. The summed E-state index contributed by atoms with van der Waals surface area (Å²) >= 11 is 0. The number of benzene rings is 2. The maximum atomic E-state index is 13.4. The van der Waals surface area contributed by atoms with Crippen LogP contribution in [0.5, 0.6) is 5.75 Å². The summed E-state index contributed by atoms with van der Waals surface area (Å²) in [4.78, 5) is 26.0. The lowest BCUT2D eigenvalue weighted by Crippen LogP contribution is -2.29. The van der Waals surface area contributed by atoms with Gasteiger partial charge in [-0.3, -0.25) is 9.59 Å². The first-order valence-electron chi connectivity index (χ1n) is 7.75. The lowest BCUT2D eigenvalue weighted by Gasteiger charge is -2.15. The van der Waals surface area contributed by atoms with Crippen LogP contribution in [0, 0.1) is 0 Å². The zero-order chi connectivity index (χ0) is 22.3. The molecule has 3 rings (SSSR count). The van der Waals surface area contributed by atoms with E-state index in [1.54, 1.807) is 0 Å². The predicted octanol–water partition coefficient (Wildman–Crippen LogP) is 3.27. The standard InChI is InChI=1S/C16H9F6N3O4S/c17-15(18,19)9-5-10-11(24-14(27)13(26)23-10)6-12(9)30(28)25-7-1-3-8(4-2-7)29-16(20,21)22/h1-6,25H,(H,23,26)(H,24,27). The molecule has 160 valence electrons. The van der Waals surface area contributed by atoms with E-state index in [0.717, 1.165) is 30.3 Å². The molecule has 1 atom stereocenters. The number of halogens is 6. The molecule has 0 amide bonds. The van der Waals surface area contributed by atoms with E-state index >= 15 is 0 Å². The molecule has 3 aromatic rings. The number of nitrogens with one attached hydrogen (secondary N) is 3. The largest absolute Gasteiger partial charge is 0.573 e. The van der Waals surface area contributed by atoms with Gasteiger partial charge in [-0.15, -0.1) is 13.2 Å². The molecule has 2 aromatic carbocycles. The number of anilines is 1. The third kappa shape index (κ3) is 4.82. The molecule has 0 saturated heterocycles. The van der Waals surface area contributed by atoms with Gasteiger partial charge in [0, 0.05) is 5.69 Å². The summed E-state index contributed by atoms with van der Waals surface area (Å²) in [6, 6.07) is 5.08. The Morgan fingerprint density at radius 1 is 0.867 bits per heavy atom. The van der Waals surface area contributed by atoms with Crippen molar-refractivity contribution in [1.29, 1.82) is 0 Å². The topological polar surface area (TPSA) is 104 Å². The van der Waals surface area contributed by atoms with E-state index in [4.69, 9.17) is 0 Å². The summed E-state index contributed by atoms with van der Waals surface area (Å²) in [6.45, 7) is 0. The molecule has 3 N–H and O–H groups in total. The Bertz CT molecular complexity index is 1230. The SMILES string of the molecule is O=c1[nH]c2cc(S(=O)Nc3ccc(OC(F)(F)F)cc3)c(C(F)(F)F)cc2[nH]c1=O. The van der Waals surface area contributed by atoms with E-state index in [1.165, 1.54) is 0 Å². The molecule has 1 unspecified atom stereocenters. The van der Waals surface area contributed by atoms with Crippen LogP contribution in [-0.4, -0.2) is 20.5 Å². The van der Waals surface area contributed by atoms with Crippen molar-refractivity contribution >= 4 is 27.7 Å². The zero-order valence-corrected chi connectivity index (χ0v) is 15.1. The first-order chi connectivity index (χ1) is 13.8. The smallest absolute Gasteiger partial charge is 0.406 e. The van der Waals surface area contributed by atoms with Crippen molar-refractivity contribution in [2.24, 2.45) is 0 Å². The predicted molar refractivity (Wildman–Crippen MR) is 93.3 cm³/mol. The summed E-state index contributed by atoms with van der Waals surface area (Å²) < 4.78 is 95.2. The summed E-state index contributed by atoms with van der Waals surface area (Å²) in [5.41, 5.74) is -4.23. The van der Waals surface area contributed by atoms with Crippen molar-refractivity contribution < 1.29 is 35.3 Å². The van der Waals surface area contributed by atoms with Crippen molar-refractivity contribution in [2.45, 2.75) is 17.4 Å². The van der Waals surface area contributed by atoms with E-state index in [-0.39, 0.29) is 16.7 Å². The average Bonchev–Trinajstić information content (AvgIpc) is 2.61. The molecule has 30 heavy (non-hydrogen) atoms. The number of hydrogen-bond acceptors (Lipinski definition) is 4. The minimum atomic E-state index is -4.96. The number of alkyl halides is 6. The third-order valence-corrected chi connectivity index (χ3v) is 4.78. The summed E-state index contributed by atoms with van der Waals surface area (Å²) in [7, 11) is -2.53. The van der Waals surface area contributed by atoms with Crippen LogP contribution in [-0.2, 0) is 17.2 Å². The van der Waals surface area contributed by atoms with Crippen molar-refractivity contribution in [3.8, 4) is 5.75 Å². The molecule has 0 radical (unpaired) electrons. The van der Waals surface area contributed by atoms with Crippen LogP contribution in [0.3, 0.4) is 0 Å². The van der Waals surface area contributed by atoms with Gasteiger partial charge < -0.3 is 19.4 Å². The summed E-state index contributed by atoms with van der Waals surface area (Å²) in [5, 5.41) is 0. The minimum Gasteiger partial charge on any atom is -0.406 e. The Labute approximate surface area is 164 Å². The molecule has 7 nitrogen and oxygen atoms in total. The number of ether oxygens (including phenoxy) is 1. The zero-order valence-electron chi connectivity index (χ0n) is 14.3. The second kappa shape index (κ2) is 7.51. The Balaban J connectivity index is 1.98. The highest BCUT2D eigenvalue weighted by molar-refractivity contribution is 7.86. The van der Waals surface area contributed by atoms with Crippen molar-refractivity contribution in [3.63, 3.8) is 0 Å². The first-order valence-corrected chi connectivity index (χ1v) is 8.90. The number of hydrogen-bond donors (Lipinski definition) is 3. The molecule has 0 saturated carbocycles. The molecule has 0 bridgehead atoms. The molecule has 1 aromatic heterocycles. The Morgan fingerprint density at radius 2 is 1.40 bits per heavy atom. The molecule has 0 spiro atoms. The van der Waals surface area contributed by atoms with Crippen LogP contribution >= 0.6 is 0 Å². The van der Waals surface area contributed by atoms with Crippen LogP contribution in [0.4, 0.5) is 32.0 Å². The van der Waals surface area contributed by atoms with Gasteiger partial charge in [-0.2, -0.15) is 13.2 Å². The monoisotopic (exact) mass is 453 g/mol. The van der Waals surface area contributed by atoms with Gasteiger partial charge in [-0.25, -0.2) is 4.21 Å². The quantitative estimate of drug-likeness (QED) is 0.417. The lowest BCUT2D eigenvalue weighted by atomic mass is 10.2. The highest BCUT2D eigenvalue weighted by Crippen LogP contribution is 2.35. The Morgan fingerprint density at radius 3 is 1.90 bits per heavy atom. The molecular formula is C16H9F6N3O4S. The Hall–Kier alpha value is -3.29. The van der Waals surface area contributed by atoms with Crippen molar-refractivity contribution in [3.05, 3.63) is 62.7 Å². The van der Waals surface area contributed by atoms with E-state index in [1.807, 2.05) is 4.98 Å². The molecule has 0 fully saturated rings. The fourth-order valence-corrected chi connectivity index (χ4v) is 3.47. The lowest BCUT2D eigenvalue weighted by molar-refractivity contribution is -0.274. The minimum absolute atomic E-state index is 0.0639. The highest BCUT2D eigenvalue weighted by Gasteiger charge is 2.36. The van der Waals surface area contributed by atoms with Crippen molar-refractivity contribution in [2.75, 3.05) is 4.72 Å². The third-order valence-electron chi connectivity index (χ3n) is 3.63.